The van der Waals surface area contributed by atoms with Crippen LogP contribution in [0.25, 0.3) is 5.69 Å². The average Bonchev–Trinajstić information content (AvgIpc) is 3.18. The summed E-state index contributed by atoms with van der Waals surface area (Å²) in [6, 6.07) is 7.39. The van der Waals surface area contributed by atoms with Crippen LogP contribution in [0.4, 0.5) is 0 Å². The van der Waals surface area contributed by atoms with Crippen molar-refractivity contribution in [2.24, 2.45) is 7.05 Å². The number of esters is 1. The van der Waals surface area contributed by atoms with Crippen molar-refractivity contribution in [3.05, 3.63) is 63.7 Å². The lowest BCUT2D eigenvalue weighted by Gasteiger charge is -2.12. The maximum atomic E-state index is 12.4. The lowest BCUT2D eigenvalue weighted by Crippen LogP contribution is -2.19. The molecule has 0 saturated heterocycles. The van der Waals surface area contributed by atoms with Gasteiger partial charge in [-0.05, 0) is 32.9 Å². The molecule has 0 radical (unpaired) electrons. The quantitative estimate of drug-likeness (QED) is 0.614. The van der Waals surface area contributed by atoms with Gasteiger partial charge in [0.05, 0.1) is 34.9 Å². The number of aryl methyl sites for hydroxylation is 2. The number of hydrogen-bond donors (Lipinski definition) is 1. The van der Waals surface area contributed by atoms with Crippen molar-refractivity contribution in [1.82, 2.24) is 24.9 Å². The maximum Gasteiger partial charge on any atom is 0.341 e. The molecule has 0 fully saturated rings. The van der Waals surface area contributed by atoms with Crippen molar-refractivity contribution in [3.8, 4) is 5.69 Å². The molecule has 2 heterocycles. The standard InChI is InChI=1S/C20H24ClN5O2/c1-5-28-20(27)16-11-23-26(18-9-7-6-8-17(18)21)19(16)12-22-10-15-13(2)24-25(4)14(15)3/h6-9,11,22H,5,10,12H2,1-4H3. The summed E-state index contributed by atoms with van der Waals surface area (Å²) in [7, 11) is 1.93. The molecule has 1 aromatic carbocycles. The molecule has 0 aliphatic carbocycles. The van der Waals surface area contributed by atoms with Crippen molar-refractivity contribution >= 4 is 17.6 Å². The number of hydrogen-bond acceptors (Lipinski definition) is 5. The third-order valence-electron chi connectivity index (χ3n) is 4.70. The van der Waals surface area contributed by atoms with Gasteiger partial charge >= 0.3 is 5.97 Å². The highest BCUT2D eigenvalue weighted by atomic mass is 35.5. The summed E-state index contributed by atoms with van der Waals surface area (Å²) in [4.78, 5) is 12.4. The molecule has 8 heteroatoms. The first-order valence-corrected chi connectivity index (χ1v) is 9.50. The molecule has 7 nitrogen and oxygen atoms in total. The molecule has 1 N–H and O–H groups in total. The minimum absolute atomic E-state index is 0.303. The van der Waals surface area contributed by atoms with Gasteiger partial charge in [-0.25, -0.2) is 9.48 Å². The van der Waals surface area contributed by atoms with Crippen LogP contribution in [-0.4, -0.2) is 32.1 Å². The minimum Gasteiger partial charge on any atom is -0.462 e. The molecule has 0 amide bonds. The van der Waals surface area contributed by atoms with Gasteiger partial charge in [-0.2, -0.15) is 10.2 Å². The van der Waals surface area contributed by atoms with Crippen molar-refractivity contribution in [2.45, 2.75) is 33.9 Å². The van der Waals surface area contributed by atoms with E-state index in [1.807, 2.05) is 43.8 Å². The van der Waals surface area contributed by atoms with E-state index in [2.05, 4.69) is 15.5 Å². The second-order valence-corrected chi connectivity index (χ2v) is 6.87. The van der Waals surface area contributed by atoms with E-state index < -0.39 is 5.97 Å². The summed E-state index contributed by atoms with van der Waals surface area (Å²) in [6.07, 6.45) is 1.53. The van der Waals surface area contributed by atoms with E-state index >= 15 is 0 Å². The van der Waals surface area contributed by atoms with Crippen LogP contribution in [0.3, 0.4) is 0 Å². The van der Waals surface area contributed by atoms with Crippen molar-refractivity contribution in [1.29, 1.82) is 0 Å². The van der Waals surface area contributed by atoms with Crippen LogP contribution in [-0.2, 0) is 24.9 Å². The van der Waals surface area contributed by atoms with Gasteiger partial charge in [0.1, 0.15) is 5.56 Å². The third-order valence-corrected chi connectivity index (χ3v) is 5.02. The first-order valence-electron chi connectivity index (χ1n) is 9.12. The van der Waals surface area contributed by atoms with Crippen molar-refractivity contribution < 1.29 is 9.53 Å². The van der Waals surface area contributed by atoms with Gasteiger partial charge in [-0.15, -0.1) is 0 Å². The summed E-state index contributed by atoms with van der Waals surface area (Å²) in [5.74, 6) is -0.397. The zero-order chi connectivity index (χ0) is 20.3. The van der Waals surface area contributed by atoms with Crippen LogP contribution in [0.1, 0.15) is 39.9 Å². The lowest BCUT2D eigenvalue weighted by molar-refractivity contribution is 0.0525. The number of rotatable bonds is 7. The predicted molar refractivity (Wildman–Crippen MR) is 108 cm³/mol. The number of benzene rings is 1. The molecule has 28 heavy (non-hydrogen) atoms. The van der Waals surface area contributed by atoms with Gasteiger partial charge in [0.2, 0.25) is 0 Å². The highest BCUT2D eigenvalue weighted by Gasteiger charge is 2.20. The number of para-hydroxylation sites is 1. The Morgan fingerprint density at radius 2 is 2.00 bits per heavy atom. The van der Waals surface area contributed by atoms with Crippen LogP contribution in [0.15, 0.2) is 30.5 Å². The highest BCUT2D eigenvalue weighted by molar-refractivity contribution is 6.32. The van der Waals surface area contributed by atoms with Crippen LogP contribution in [0.2, 0.25) is 5.02 Å². The smallest absolute Gasteiger partial charge is 0.341 e. The summed E-state index contributed by atoms with van der Waals surface area (Å²) >= 11 is 6.35. The molecule has 0 bridgehead atoms. The van der Waals surface area contributed by atoms with Crippen molar-refractivity contribution in [3.63, 3.8) is 0 Å². The van der Waals surface area contributed by atoms with Gasteiger partial charge in [-0.3, -0.25) is 4.68 Å². The summed E-state index contributed by atoms with van der Waals surface area (Å²) in [6.45, 7) is 7.16. The molecule has 3 aromatic rings. The Morgan fingerprint density at radius 1 is 1.25 bits per heavy atom. The summed E-state index contributed by atoms with van der Waals surface area (Å²) < 4.78 is 8.74. The third kappa shape index (κ3) is 3.95. The molecule has 3 rings (SSSR count). The Morgan fingerprint density at radius 3 is 2.64 bits per heavy atom. The SMILES string of the molecule is CCOC(=O)c1cnn(-c2ccccc2Cl)c1CNCc1c(C)nn(C)c1C. The molecule has 0 atom stereocenters. The molecule has 0 saturated carbocycles. The lowest BCUT2D eigenvalue weighted by atomic mass is 10.2. The fraction of sp³-hybridized carbons (Fsp3) is 0.350. The Kier molecular flexibility index (Phi) is 6.16. The number of nitrogens with zero attached hydrogens (tertiary/aromatic N) is 4. The number of halogens is 1. The number of nitrogens with one attached hydrogen (secondary N) is 1. The van der Waals surface area contributed by atoms with Crippen molar-refractivity contribution in [2.75, 3.05) is 6.61 Å². The second kappa shape index (κ2) is 8.58. The fourth-order valence-corrected chi connectivity index (χ4v) is 3.35. The molecular weight excluding hydrogens is 378 g/mol. The number of aromatic nitrogens is 4. The Balaban J connectivity index is 1.90. The zero-order valence-electron chi connectivity index (χ0n) is 16.5. The average molecular weight is 402 g/mol. The Hall–Kier alpha value is -2.64. The molecule has 0 aliphatic rings. The van der Waals surface area contributed by atoms with E-state index in [1.54, 1.807) is 17.7 Å². The number of carbonyl (C=O) groups is 1. The van der Waals surface area contributed by atoms with Crippen LogP contribution in [0.5, 0.6) is 0 Å². The van der Waals surface area contributed by atoms with Gasteiger partial charge < -0.3 is 10.1 Å². The van der Waals surface area contributed by atoms with Crippen LogP contribution >= 0.6 is 11.6 Å². The maximum absolute atomic E-state index is 12.4. The number of ether oxygens (including phenoxy) is 1. The normalized spacial score (nSPS) is 11.0. The van der Waals surface area contributed by atoms with E-state index in [-0.39, 0.29) is 0 Å². The number of carbonyl (C=O) groups excluding carboxylic acids is 1. The molecular formula is C20H24ClN5O2. The zero-order valence-corrected chi connectivity index (χ0v) is 17.2. The highest BCUT2D eigenvalue weighted by Crippen LogP contribution is 2.23. The predicted octanol–water partition coefficient (Wildman–Crippen LogP) is 3.34. The monoisotopic (exact) mass is 401 g/mol. The van der Waals surface area contributed by atoms with E-state index in [1.165, 1.54) is 6.20 Å². The van der Waals surface area contributed by atoms with E-state index in [0.717, 1.165) is 17.0 Å². The minimum atomic E-state index is -0.397. The van der Waals surface area contributed by atoms with Crippen LogP contribution < -0.4 is 5.32 Å². The first-order chi connectivity index (χ1) is 13.4. The largest absolute Gasteiger partial charge is 0.462 e. The molecule has 0 spiro atoms. The first kappa shape index (κ1) is 20.1. The molecule has 0 aliphatic heterocycles. The summed E-state index contributed by atoms with van der Waals surface area (Å²) in [5.41, 5.74) is 5.07. The fourth-order valence-electron chi connectivity index (χ4n) is 3.13. The topological polar surface area (TPSA) is 74.0 Å². The van der Waals surface area contributed by atoms with E-state index in [9.17, 15) is 4.79 Å². The van der Waals surface area contributed by atoms with E-state index in [4.69, 9.17) is 16.3 Å². The molecule has 2 aromatic heterocycles. The summed E-state index contributed by atoms with van der Waals surface area (Å²) in [5, 5.41) is 12.8. The molecule has 148 valence electrons. The van der Waals surface area contributed by atoms with E-state index in [0.29, 0.717) is 41.7 Å². The van der Waals surface area contributed by atoms with Gasteiger partial charge in [0.15, 0.2) is 0 Å². The Bertz CT molecular complexity index is 993. The Labute approximate surface area is 169 Å². The van der Waals surface area contributed by atoms with Gasteiger partial charge in [-0.1, -0.05) is 23.7 Å². The van der Waals surface area contributed by atoms with Gasteiger partial charge in [0, 0.05) is 31.4 Å². The second-order valence-electron chi connectivity index (χ2n) is 6.47. The van der Waals surface area contributed by atoms with Gasteiger partial charge in [0.25, 0.3) is 0 Å². The van der Waals surface area contributed by atoms with Crippen LogP contribution in [0, 0.1) is 13.8 Å². The molecule has 0 unspecified atom stereocenters.